The molecule has 1 fully saturated rings. The van der Waals surface area contributed by atoms with E-state index >= 15 is 0 Å². The zero-order valence-corrected chi connectivity index (χ0v) is 10.6. The monoisotopic (exact) mass is 242 g/mol. The van der Waals surface area contributed by atoms with E-state index in [4.69, 9.17) is 4.74 Å². The van der Waals surface area contributed by atoms with Gasteiger partial charge in [0.15, 0.2) is 0 Å². The van der Waals surface area contributed by atoms with Crippen molar-refractivity contribution in [1.29, 1.82) is 0 Å². The van der Waals surface area contributed by atoms with Crippen LogP contribution in [0.4, 0.5) is 0 Å². The van der Waals surface area contributed by atoms with Gasteiger partial charge in [0.2, 0.25) is 0 Å². The van der Waals surface area contributed by atoms with Gasteiger partial charge in [0.25, 0.3) is 0 Å². The molecule has 0 N–H and O–H groups in total. The van der Waals surface area contributed by atoms with Crippen molar-refractivity contribution in [2.24, 2.45) is 17.3 Å². The van der Waals surface area contributed by atoms with Gasteiger partial charge < -0.3 is 4.74 Å². The molecule has 2 nitrogen and oxygen atoms in total. The summed E-state index contributed by atoms with van der Waals surface area (Å²) in [7, 11) is 0. The fourth-order valence-corrected chi connectivity index (χ4v) is 3.28. The highest BCUT2D eigenvalue weighted by Gasteiger charge is 2.52. The number of benzene rings is 1. The second-order valence-corrected chi connectivity index (χ2v) is 5.56. The van der Waals surface area contributed by atoms with Gasteiger partial charge in [-0.25, -0.2) is 0 Å². The number of esters is 1. The summed E-state index contributed by atoms with van der Waals surface area (Å²) in [6.45, 7) is 2.54. The van der Waals surface area contributed by atoms with E-state index in [0.717, 1.165) is 18.4 Å². The van der Waals surface area contributed by atoms with Crippen molar-refractivity contribution in [3.05, 3.63) is 48.0 Å². The number of allylic oxidation sites excluding steroid dienone is 1. The van der Waals surface area contributed by atoms with E-state index in [2.05, 4.69) is 19.1 Å². The van der Waals surface area contributed by atoms with Gasteiger partial charge in [0.1, 0.15) is 6.61 Å². The van der Waals surface area contributed by atoms with E-state index < -0.39 is 0 Å². The van der Waals surface area contributed by atoms with E-state index in [1.165, 1.54) is 0 Å². The van der Waals surface area contributed by atoms with Gasteiger partial charge in [0, 0.05) is 0 Å². The largest absolute Gasteiger partial charge is 0.460 e. The lowest BCUT2D eigenvalue weighted by atomic mass is 9.79. The van der Waals surface area contributed by atoms with Gasteiger partial charge in [-0.15, -0.1) is 0 Å². The quantitative estimate of drug-likeness (QED) is 0.600. The number of hydrogen-bond acceptors (Lipinski definition) is 2. The first-order valence-electron chi connectivity index (χ1n) is 6.61. The predicted octanol–water partition coefficient (Wildman–Crippen LogP) is 3.33. The van der Waals surface area contributed by atoms with Crippen molar-refractivity contribution in [2.75, 3.05) is 0 Å². The minimum atomic E-state index is -0.334. The maximum absolute atomic E-state index is 12.3. The van der Waals surface area contributed by atoms with E-state index in [9.17, 15) is 4.79 Å². The van der Waals surface area contributed by atoms with E-state index in [1.54, 1.807) is 0 Å². The highest BCUT2D eigenvalue weighted by Crippen LogP contribution is 2.53. The molecule has 2 heteroatoms. The van der Waals surface area contributed by atoms with Crippen LogP contribution < -0.4 is 0 Å². The molecule has 0 heterocycles. The minimum absolute atomic E-state index is 0.0462. The van der Waals surface area contributed by atoms with Crippen LogP contribution in [0.5, 0.6) is 0 Å². The number of ether oxygens (including phenoxy) is 1. The van der Waals surface area contributed by atoms with Crippen molar-refractivity contribution < 1.29 is 9.53 Å². The summed E-state index contributed by atoms with van der Waals surface area (Å²) >= 11 is 0. The van der Waals surface area contributed by atoms with Crippen LogP contribution in [0, 0.1) is 17.3 Å². The summed E-state index contributed by atoms with van der Waals surface area (Å²) in [6, 6.07) is 9.86. The maximum atomic E-state index is 12.3. The van der Waals surface area contributed by atoms with Gasteiger partial charge in [0.05, 0.1) is 5.41 Å². The van der Waals surface area contributed by atoms with Crippen LogP contribution in [0.1, 0.15) is 25.3 Å². The predicted molar refractivity (Wildman–Crippen MR) is 69.7 cm³/mol. The first-order valence-corrected chi connectivity index (χ1v) is 6.61. The summed E-state index contributed by atoms with van der Waals surface area (Å²) in [5.41, 5.74) is 0.714. The van der Waals surface area contributed by atoms with Crippen LogP contribution in [0.15, 0.2) is 42.5 Å². The molecule has 2 aliphatic rings. The topological polar surface area (TPSA) is 26.3 Å². The number of carbonyl (C=O) groups is 1. The van der Waals surface area contributed by atoms with E-state index in [-0.39, 0.29) is 11.4 Å². The molecular formula is C16H18O2. The number of hydrogen-bond donors (Lipinski definition) is 0. The normalized spacial score (nSPS) is 32.7. The molecule has 0 aliphatic heterocycles. The van der Waals surface area contributed by atoms with Crippen LogP contribution in [-0.2, 0) is 16.1 Å². The Hall–Kier alpha value is -1.57. The number of fused-ring (bicyclic) bond motifs is 2. The highest BCUT2D eigenvalue weighted by atomic mass is 16.5. The van der Waals surface area contributed by atoms with E-state index in [0.29, 0.717) is 18.4 Å². The molecule has 1 unspecified atom stereocenters. The van der Waals surface area contributed by atoms with Gasteiger partial charge in [-0.1, -0.05) is 49.4 Å². The van der Waals surface area contributed by atoms with Crippen LogP contribution in [0.3, 0.4) is 0 Å². The zero-order valence-electron chi connectivity index (χ0n) is 10.6. The Morgan fingerprint density at radius 1 is 1.39 bits per heavy atom. The first-order chi connectivity index (χ1) is 8.71. The summed E-state index contributed by atoms with van der Waals surface area (Å²) < 4.78 is 5.51. The molecule has 1 aromatic rings. The molecule has 0 amide bonds. The van der Waals surface area contributed by atoms with Crippen molar-refractivity contribution in [3.8, 4) is 0 Å². The van der Waals surface area contributed by atoms with Crippen LogP contribution in [0.2, 0.25) is 0 Å². The third-order valence-electron chi connectivity index (χ3n) is 4.39. The lowest BCUT2D eigenvalue weighted by molar-refractivity contribution is -0.155. The minimum Gasteiger partial charge on any atom is -0.460 e. The maximum Gasteiger partial charge on any atom is 0.316 e. The molecule has 1 saturated carbocycles. The van der Waals surface area contributed by atoms with Gasteiger partial charge in [-0.2, -0.15) is 0 Å². The smallest absolute Gasteiger partial charge is 0.316 e. The van der Waals surface area contributed by atoms with Gasteiger partial charge in [-0.05, 0) is 30.2 Å². The van der Waals surface area contributed by atoms with Crippen LogP contribution >= 0.6 is 0 Å². The molecule has 0 aromatic heterocycles. The Morgan fingerprint density at radius 3 is 2.78 bits per heavy atom. The van der Waals surface area contributed by atoms with Gasteiger partial charge in [-0.3, -0.25) is 4.79 Å². The summed E-state index contributed by atoms with van der Waals surface area (Å²) in [5, 5.41) is 0. The average molecular weight is 242 g/mol. The third-order valence-corrected chi connectivity index (χ3v) is 4.39. The van der Waals surface area contributed by atoms with Crippen LogP contribution in [-0.4, -0.2) is 5.97 Å². The summed E-state index contributed by atoms with van der Waals surface area (Å²) in [5.74, 6) is 0.954. The summed E-state index contributed by atoms with van der Waals surface area (Å²) in [4.78, 5) is 12.3. The average Bonchev–Trinajstić information content (AvgIpc) is 2.95. The fraction of sp³-hybridized carbons (Fsp3) is 0.438. The Bertz CT molecular complexity index is 477. The number of rotatable bonds is 3. The zero-order chi connectivity index (χ0) is 12.6. The lowest BCUT2D eigenvalue weighted by Crippen LogP contribution is -2.32. The van der Waals surface area contributed by atoms with Crippen molar-refractivity contribution in [1.82, 2.24) is 0 Å². The Balaban J connectivity index is 1.67. The Labute approximate surface area is 108 Å². The molecule has 1 aromatic carbocycles. The fourth-order valence-electron chi connectivity index (χ4n) is 3.28. The molecular weight excluding hydrogens is 224 g/mol. The molecule has 0 spiro atoms. The number of carbonyl (C=O) groups excluding carboxylic acids is 1. The standard InChI is InChI=1S/C16H18O2/c1-12-9-14-7-8-16(12,10-14)15(17)18-11-13-5-3-2-4-6-13/h2-8,12,14H,9-11H2,1H3/t12-,14?,16+/m1/s1. The summed E-state index contributed by atoms with van der Waals surface area (Å²) in [6.07, 6.45) is 6.33. The Kier molecular flexibility index (Phi) is 2.73. The van der Waals surface area contributed by atoms with E-state index in [1.807, 2.05) is 30.3 Å². The Morgan fingerprint density at radius 2 is 2.17 bits per heavy atom. The first kappa shape index (κ1) is 11.5. The highest BCUT2D eigenvalue weighted by molar-refractivity contribution is 5.81. The molecule has 2 aliphatic carbocycles. The lowest BCUT2D eigenvalue weighted by Gasteiger charge is -2.27. The molecule has 94 valence electrons. The van der Waals surface area contributed by atoms with Crippen molar-refractivity contribution in [3.63, 3.8) is 0 Å². The van der Waals surface area contributed by atoms with Crippen molar-refractivity contribution >= 4 is 5.97 Å². The van der Waals surface area contributed by atoms with Crippen molar-refractivity contribution in [2.45, 2.75) is 26.4 Å². The molecule has 3 rings (SSSR count). The second kappa shape index (κ2) is 4.27. The van der Waals surface area contributed by atoms with Gasteiger partial charge >= 0.3 is 5.97 Å². The molecule has 0 saturated heterocycles. The molecule has 0 radical (unpaired) electrons. The molecule has 3 atom stereocenters. The molecule has 18 heavy (non-hydrogen) atoms. The van der Waals surface area contributed by atoms with Crippen LogP contribution in [0.25, 0.3) is 0 Å². The second-order valence-electron chi connectivity index (χ2n) is 5.56. The SMILES string of the molecule is C[C@@H]1CC2C=C[C@]1(C(=O)OCc1ccccc1)C2. The third kappa shape index (κ3) is 1.76. The molecule has 2 bridgehead atoms.